The Balaban J connectivity index is 2.10. The van der Waals surface area contributed by atoms with Crippen molar-refractivity contribution in [2.24, 2.45) is 0 Å². The number of nitrogens with one attached hydrogen (secondary N) is 2. The summed E-state index contributed by atoms with van der Waals surface area (Å²) in [6, 6.07) is 3.31. The van der Waals surface area contributed by atoms with Gasteiger partial charge >= 0.3 is 6.61 Å². The minimum absolute atomic E-state index is 0.0285. The molecule has 0 aliphatic rings. The second-order valence-corrected chi connectivity index (χ2v) is 5.30. The molecule has 0 aliphatic heterocycles. The standard InChI is InChI=1S/C18H17F3N4O3/c1-3-5-14(28-18(20)21)11(4-2)17(27)22-9-15-23-16(25-24-15)12-8-10(19)6-7-13(12)26/h3-8,18,26H,1,9H2,2H3,(H,22,27)(H,23,24,25)/b11-4+,14-5+. The van der Waals surface area contributed by atoms with Crippen LogP contribution in [0.1, 0.15) is 12.7 Å². The molecule has 7 nitrogen and oxygen atoms in total. The Bertz CT molecular complexity index is 923. The van der Waals surface area contributed by atoms with Gasteiger partial charge in [-0.05, 0) is 31.2 Å². The van der Waals surface area contributed by atoms with Crippen LogP contribution in [0, 0.1) is 5.82 Å². The number of aromatic hydroxyl groups is 1. The normalized spacial score (nSPS) is 12.2. The topological polar surface area (TPSA) is 100 Å². The number of alkyl halides is 2. The van der Waals surface area contributed by atoms with E-state index in [0.29, 0.717) is 0 Å². The fourth-order valence-corrected chi connectivity index (χ4v) is 2.22. The lowest BCUT2D eigenvalue weighted by molar-refractivity contribution is -0.119. The lowest BCUT2D eigenvalue weighted by Crippen LogP contribution is -2.26. The van der Waals surface area contributed by atoms with Gasteiger partial charge in [-0.25, -0.2) is 9.37 Å². The van der Waals surface area contributed by atoms with Crippen molar-refractivity contribution >= 4 is 5.91 Å². The molecule has 0 fully saturated rings. The van der Waals surface area contributed by atoms with Crippen LogP contribution in [0.2, 0.25) is 0 Å². The third kappa shape index (κ3) is 5.22. The van der Waals surface area contributed by atoms with Crippen molar-refractivity contribution < 1.29 is 27.8 Å². The Morgan fingerprint density at radius 2 is 2.21 bits per heavy atom. The van der Waals surface area contributed by atoms with Crippen LogP contribution in [0.25, 0.3) is 11.4 Å². The van der Waals surface area contributed by atoms with Gasteiger partial charge < -0.3 is 15.2 Å². The molecule has 0 saturated carbocycles. The summed E-state index contributed by atoms with van der Waals surface area (Å²) in [5.74, 6) is -1.59. The summed E-state index contributed by atoms with van der Waals surface area (Å²) in [7, 11) is 0. The van der Waals surface area contributed by atoms with E-state index in [1.54, 1.807) is 0 Å². The number of carbonyl (C=O) groups is 1. The smallest absolute Gasteiger partial charge is 0.387 e. The average Bonchev–Trinajstić information content (AvgIpc) is 3.11. The summed E-state index contributed by atoms with van der Waals surface area (Å²) in [6.45, 7) is 1.64. The fraction of sp³-hybridized carbons (Fsp3) is 0.167. The van der Waals surface area contributed by atoms with Crippen molar-refractivity contribution in [3.05, 3.63) is 66.0 Å². The second-order valence-electron chi connectivity index (χ2n) is 5.30. The Morgan fingerprint density at radius 1 is 1.46 bits per heavy atom. The van der Waals surface area contributed by atoms with Gasteiger partial charge in [0, 0.05) is 0 Å². The molecule has 0 spiro atoms. The van der Waals surface area contributed by atoms with Gasteiger partial charge in [0.1, 0.15) is 23.2 Å². The molecule has 0 bridgehead atoms. The number of phenols is 1. The summed E-state index contributed by atoms with van der Waals surface area (Å²) in [5, 5.41) is 18.6. The van der Waals surface area contributed by atoms with Crippen LogP contribution in [-0.2, 0) is 16.1 Å². The molecule has 2 rings (SSSR count). The lowest BCUT2D eigenvalue weighted by atomic mass is 10.2. The van der Waals surface area contributed by atoms with Gasteiger partial charge in [-0.15, -0.1) is 0 Å². The number of rotatable bonds is 8. The van der Waals surface area contributed by atoms with Gasteiger partial charge in [-0.2, -0.15) is 13.9 Å². The van der Waals surface area contributed by atoms with Gasteiger partial charge in [-0.3, -0.25) is 9.89 Å². The predicted molar refractivity (Wildman–Crippen MR) is 94.4 cm³/mol. The number of phenolic OH excluding ortho intramolecular Hbond substituents is 1. The largest absolute Gasteiger partial charge is 0.507 e. The number of H-pyrrole nitrogens is 1. The summed E-state index contributed by atoms with van der Waals surface area (Å²) in [4.78, 5) is 16.3. The van der Waals surface area contributed by atoms with E-state index in [1.807, 2.05) is 0 Å². The van der Waals surface area contributed by atoms with E-state index in [4.69, 9.17) is 0 Å². The Kier molecular flexibility index (Phi) is 6.96. The van der Waals surface area contributed by atoms with Gasteiger partial charge in [0.05, 0.1) is 17.7 Å². The molecule has 0 saturated heterocycles. The summed E-state index contributed by atoms with van der Waals surface area (Å²) < 4.78 is 42.7. The predicted octanol–water partition coefficient (Wildman–Crippen LogP) is 3.19. The summed E-state index contributed by atoms with van der Waals surface area (Å²) in [6.07, 6.45) is 3.66. The molecule has 10 heteroatoms. The molecule has 1 aromatic carbocycles. The molecular formula is C18H17F3N4O3. The fourth-order valence-electron chi connectivity index (χ4n) is 2.22. The van der Waals surface area contributed by atoms with E-state index < -0.39 is 18.3 Å². The minimum atomic E-state index is -3.11. The molecule has 0 unspecified atom stereocenters. The van der Waals surface area contributed by atoms with Crippen LogP contribution in [0.3, 0.4) is 0 Å². The van der Waals surface area contributed by atoms with E-state index in [-0.39, 0.29) is 40.8 Å². The van der Waals surface area contributed by atoms with Crippen LogP contribution in [0.5, 0.6) is 5.75 Å². The quantitative estimate of drug-likeness (QED) is 0.363. The monoisotopic (exact) mass is 394 g/mol. The Labute approximate surface area is 158 Å². The third-order valence-electron chi connectivity index (χ3n) is 3.43. The number of halogens is 3. The van der Waals surface area contributed by atoms with Gasteiger partial charge in [0.15, 0.2) is 5.82 Å². The van der Waals surface area contributed by atoms with Gasteiger partial charge in [0.25, 0.3) is 5.91 Å². The maximum Gasteiger partial charge on any atom is 0.387 e. The number of ether oxygens (including phenoxy) is 1. The van der Waals surface area contributed by atoms with E-state index in [0.717, 1.165) is 24.3 Å². The zero-order valence-electron chi connectivity index (χ0n) is 14.7. The summed E-state index contributed by atoms with van der Waals surface area (Å²) >= 11 is 0. The highest BCUT2D eigenvalue weighted by Gasteiger charge is 2.19. The van der Waals surface area contributed by atoms with Gasteiger partial charge in [-0.1, -0.05) is 18.7 Å². The second kappa shape index (κ2) is 9.40. The molecule has 1 amide bonds. The van der Waals surface area contributed by atoms with E-state index in [9.17, 15) is 23.1 Å². The summed E-state index contributed by atoms with van der Waals surface area (Å²) in [5.41, 5.74) is -0.0489. The van der Waals surface area contributed by atoms with Crippen LogP contribution < -0.4 is 5.32 Å². The third-order valence-corrected chi connectivity index (χ3v) is 3.43. The minimum Gasteiger partial charge on any atom is -0.507 e. The van der Waals surface area contributed by atoms with Crippen molar-refractivity contribution in [1.82, 2.24) is 20.5 Å². The highest BCUT2D eigenvalue weighted by Crippen LogP contribution is 2.26. The van der Waals surface area contributed by atoms with E-state index >= 15 is 0 Å². The lowest BCUT2D eigenvalue weighted by Gasteiger charge is -2.12. The number of benzene rings is 1. The molecule has 1 heterocycles. The molecule has 1 aromatic heterocycles. The Morgan fingerprint density at radius 3 is 2.86 bits per heavy atom. The van der Waals surface area contributed by atoms with Crippen molar-refractivity contribution in [1.29, 1.82) is 0 Å². The molecular weight excluding hydrogens is 377 g/mol. The highest BCUT2D eigenvalue weighted by molar-refractivity contribution is 5.97. The van der Waals surface area contributed by atoms with Crippen molar-refractivity contribution in [3.8, 4) is 17.1 Å². The molecule has 0 radical (unpaired) electrons. The zero-order chi connectivity index (χ0) is 20.7. The molecule has 0 atom stereocenters. The number of aromatic nitrogens is 3. The molecule has 148 valence electrons. The van der Waals surface area contributed by atoms with Crippen molar-refractivity contribution in [2.75, 3.05) is 0 Å². The van der Waals surface area contributed by atoms with Crippen LogP contribution in [-0.4, -0.2) is 32.8 Å². The number of hydrogen-bond donors (Lipinski definition) is 3. The van der Waals surface area contributed by atoms with Gasteiger partial charge in [0.2, 0.25) is 0 Å². The SMILES string of the molecule is C=C/C=C(OC(F)F)\C(=C/C)C(=O)NCc1nc(-c2cc(F)ccc2O)n[nH]1. The number of aromatic amines is 1. The Hall–Kier alpha value is -3.56. The average molecular weight is 394 g/mol. The zero-order valence-corrected chi connectivity index (χ0v) is 14.7. The number of hydrogen-bond acceptors (Lipinski definition) is 5. The van der Waals surface area contributed by atoms with Crippen molar-refractivity contribution in [2.45, 2.75) is 20.1 Å². The molecule has 3 N–H and O–H groups in total. The molecule has 28 heavy (non-hydrogen) atoms. The first-order chi connectivity index (χ1) is 13.3. The number of amides is 1. The molecule has 0 aliphatic carbocycles. The first kappa shape index (κ1) is 20.7. The maximum atomic E-state index is 13.3. The number of allylic oxidation sites excluding steroid dienone is 3. The number of nitrogens with zero attached hydrogens (tertiary/aromatic N) is 2. The van der Waals surface area contributed by atoms with Crippen LogP contribution in [0.15, 0.2) is 54.3 Å². The number of carbonyl (C=O) groups excluding carboxylic acids is 1. The first-order valence-corrected chi connectivity index (χ1v) is 7.98. The van der Waals surface area contributed by atoms with E-state index in [1.165, 1.54) is 19.1 Å². The van der Waals surface area contributed by atoms with Crippen LogP contribution >= 0.6 is 0 Å². The van der Waals surface area contributed by atoms with Crippen LogP contribution in [0.4, 0.5) is 13.2 Å². The maximum absolute atomic E-state index is 13.3. The van der Waals surface area contributed by atoms with E-state index in [2.05, 4.69) is 31.8 Å². The highest BCUT2D eigenvalue weighted by atomic mass is 19.3. The van der Waals surface area contributed by atoms with Crippen molar-refractivity contribution in [3.63, 3.8) is 0 Å². The first-order valence-electron chi connectivity index (χ1n) is 7.98. The molecule has 2 aromatic rings.